The molecule has 0 saturated carbocycles. The molecular weight excluding hydrogens is 252 g/mol. The van der Waals surface area contributed by atoms with Crippen LogP contribution in [0.4, 0.5) is 5.69 Å². The Morgan fingerprint density at radius 3 is 2.80 bits per heavy atom. The number of carbonyl (C=O) groups is 1. The van der Waals surface area contributed by atoms with Crippen LogP contribution >= 0.6 is 0 Å². The fourth-order valence-corrected chi connectivity index (χ4v) is 2.64. The zero-order valence-corrected chi connectivity index (χ0v) is 12.3. The molecule has 1 fully saturated rings. The Morgan fingerprint density at radius 2 is 2.15 bits per heavy atom. The average molecular weight is 276 g/mol. The molecule has 0 bridgehead atoms. The summed E-state index contributed by atoms with van der Waals surface area (Å²) in [4.78, 5) is 12.1. The smallest absolute Gasteiger partial charge is 0.220 e. The molecule has 2 rings (SSSR count). The molecule has 1 amide bonds. The number of anilines is 1. The van der Waals surface area contributed by atoms with Crippen LogP contribution in [0.3, 0.4) is 0 Å². The molecule has 1 aromatic rings. The molecule has 20 heavy (non-hydrogen) atoms. The van der Waals surface area contributed by atoms with E-state index in [4.69, 9.17) is 10.5 Å². The highest BCUT2D eigenvalue weighted by Gasteiger charge is 2.21. The van der Waals surface area contributed by atoms with Crippen LogP contribution in [-0.4, -0.2) is 24.7 Å². The second kappa shape index (κ2) is 6.75. The molecule has 3 N–H and O–H groups in total. The van der Waals surface area contributed by atoms with E-state index in [9.17, 15) is 4.79 Å². The summed E-state index contributed by atoms with van der Waals surface area (Å²) in [5.74, 6) is 0.321. The van der Waals surface area contributed by atoms with E-state index in [1.165, 1.54) is 0 Å². The van der Waals surface area contributed by atoms with E-state index >= 15 is 0 Å². The van der Waals surface area contributed by atoms with Crippen molar-refractivity contribution in [1.82, 2.24) is 5.32 Å². The second-order valence-corrected chi connectivity index (χ2v) is 5.74. The maximum absolute atomic E-state index is 12.1. The maximum atomic E-state index is 12.1. The third-order valence-electron chi connectivity index (χ3n) is 3.85. The first-order valence-electron chi connectivity index (χ1n) is 7.31. The largest absolute Gasteiger partial charge is 0.399 e. The summed E-state index contributed by atoms with van der Waals surface area (Å²) >= 11 is 0. The van der Waals surface area contributed by atoms with Crippen molar-refractivity contribution in [3.8, 4) is 0 Å². The van der Waals surface area contributed by atoms with Gasteiger partial charge in [0.2, 0.25) is 5.91 Å². The first kappa shape index (κ1) is 14.9. The zero-order valence-electron chi connectivity index (χ0n) is 12.3. The fourth-order valence-electron chi connectivity index (χ4n) is 2.64. The standard InChI is InChI=1S/C16H24N2O2/c1-11(13-3-5-14(17)6-4-13)9-16(19)18-15-7-8-20-12(2)10-15/h3-6,11-12,15H,7-10,17H2,1-2H3,(H,18,19). The van der Waals surface area contributed by atoms with Crippen LogP contribution in [-0.2, 0) is 9.53 Å². The van der Waals surface area contributed by atoms with Gasteiger partial charge < -0.3 is 15.8 Å². The summed E-state index contributed by atoms with van der Waals surface area (Å²) in [6, 6.07) is 7.99. The third kappa shape index (κ3) is 4.23. The number of hydrogen-bond acceptors (Lipinski definition) is 3. The number of nitrogen functional groups attached to an aromatic ring is 1. The topological polar surface area (TPSA) is 64.4 Å². The minimum absolute atomic E-state index is 0.119. The predicted molar refractivity (Wildman–Crippen MR) is 80.5 cm³/mol. The molecule has 0 aliphatic carbocycles. The van der Waals surface area contributed by atoms with Crippen LogP contribution < -0.4 is 11.1 Å². The molecule has 1 aliphatic rings. The van der Waals surface area contributed by atoms with Crippen molar-refractivity contribution < 1.29 is 9.53 Å². The SMILES string of the molecule is CC1CC(NC(=O)CC(C)c2ccc(N)cc2)CCO1. The molecule has 0 aromatic heterocycles. The van der Waals surface area contributed by atoms with Gasteiger partial charge in [0.25, 0.3) is 0 Å². The van der Waals surface area contributed by atoms with Gasteiger partial charge in [-0.1, -0.05) is 19.1 Å². The summed E-state index contributed by atoms with van der Waals surface area (Å²) in [5, 5.41) is 3.12. The van der Waals surface area contributed by atoms with Crippen LogP contribution in [0.1, 0.15) is 44.6 Å². The van der Waals surface area contributed by atoms with Crippen molar-refractivity contribution in [2.24, 2.45) is 0 Å². The Bertz CT molecular complexity index is 444. The summed E-state index contributed by atoms with van der Waals surface area (Å²) in [6.07, 6.45) is 2.56. The third-order valence-corrected chi connectivity index (χ3v) is 3.85. The molecule has 3 unspecified atom stereocenters. The minimum atomic E-state index is 0.119. The van der Waals surface area contributed by atoms with Gasteiger partial charge in [-0.15, -0.1) is 0 Å². The zero-order chi connectivity index (χ0) is 14.5. The highest BCUT2D eigenvalue weighted by molar-refractivity contribution is 5.77. The number of nitrogens with one attached hydrogen (secondary N) is 1. The van der Waals surface area contributed by atoms with E-state index in [1.807, 2.05) is 24.3 Å². The quantitative estimate of drug-likeness (QED) is 0.830. The van der Waals surface area contributed by atoms with E-state index in [2.05, 4.69) is 19.2 Å². The van der Waals surface area contributed by atoms with Crippen molar-refractivity contribution in [1.29, 1.82) is 0 Å². The summed E-state index contributed by atoms with van der Waals surface area (Å²) in [5.41, 5.74) is 7.57. The van der Waals surface area contributed by atoms with Gasteiger partial charge in [0, 0.05) is 24.8 Å². The Balaban J connectivity index is 1.83. The van der Waals surface area contributed by atoms with E-state index < -0.39 is 0 Å². The van der Waals surface area contributed by atoms with Gasteiger partial charge in [-0.3, -0.25) is 4.79 Å². The number of carbonyl (C=O) groups excluding carboxylic acids is 1. The van der Waals surface area contributed by atoms with Gasteiger partial charge in [0.1, 0.15) is 0 Å². The molecule has 0 spiro atoms. The van der Waals surface area contributed by atoms with Gasteiger partial charge in [0.05, 0.1) is 6.10 Å². The average Bonchev–Trinajstić information content (AvgIpc) is 2.39. The Labute approximate surface area is 120 Å². The van der Waals surface area contributed by atoms with Gasteiger partial charge in [-0.25, -0.2) is 0 Å². The molecule has 4 heteroatoms. The second-order valence-electron chi connectivity index (χ2n) is 5.74. The van der Waals surface area contributed by atoms with E-state index in [0.717, 1.165) is 30.7 Å². The van der Waals surface area contributed by atoms with Crippen LogP contribution in [0.15, 0.2) is 24.3 Å². The number of amides is 1. The van der Waals surface area contributed by atoms with Crippen LogP contribution in [0.2, 0.25) is 0 Å². The van der Waals surface area contributed by atoms with Crippen LogP contribution in [0.25, 0.3) is 0 Å². The van der Waals surface area contributed by atoms with Crippen LogP contribution in [0, 0.1) is 0 Å². The van der Waals surface area contributed by atoms with Crippen LogP contribution in [0.5, 0.6) is 0 Å². The lowest BCUT2D eigenvalue weighted by Crippen LogP contribution is -2.41. The maximum Gasteiger partial charge on any atom is 0.220 e. The highest BCUT2D eigenvalue weighted by Crippen LogP contribution is 2.20. The molecule has 1 aliphatic heterocycles. The number of hydrogen-bond donors (Lipinski definition) is 2. The van der Waals surface area contributed by atoms with E-state index in [0.29, 0.717) is 6.42 Å². The number of rotatable bonds is 4. The van der Waals surface area contributed by atoms with Crippen molar-refractivity contribution >= 4 is 11.6 Å². The van der Waals surface area contributed by atoms with Crippen molar-refractivity contribution in [2.45, 2.75) is 51.2 Å². The van der Waals surface area contributed by atoms with Gasteiger partial charge >= 0.3 is 0 Å². The Hall–Kier alpha value is -1.55. The Kier molecular flexibility index (Phi) is 5.01. The van der Waals surface area contributed by atoms with Crippen molar-refractivity contribution in [3.05, 3.63) is 29.8 Å². The van der Waals surface area contributed by atoms with Crippen molar-refractivity contribution in [3.63, 3.8) is 0 Å². The summed E-state index contributed by atoms with van der Waals surface area (Å²) in [6.45, 7) is 4.85. The van der Waals surface area contributed by atoms with Gasteiger partial charge in [-0.2, -0.15) is 0 Å². The lowest BCUT2D eigenvalue weighted by Gasteiger charge is -2.28. The molecule has 1 aromatic carbocycles. The monoisotopic (exact) mass is 276 g/mol. The first-order chi connectivity index (χ1) is 9.54. The number of benzene rings is 1. The van der Waals surface area contributed by atoms with Gasteiger partial charge in [-0.05, 0) is 43.4 Å². The molecule has 3 atom stereocenters. The lowest BCUT2D eigenvalue weighted by atomic mass is 9.96. The summed E-state index contributed by atoms with van der Waals surface area (Å²) < 4.78 is 5.49. The van der Waals surface area contributed by atoms with Crippen molar-refractivity contribution in [2.75, 3.05) is 12.3 Å². The normalized spacial score (nSPS) is 24.1. The Morgan fingerprint density at radius 1 is 1.45 bits per heavy atom. The molecule has 0 radical (unpaired) electrons. The molecule has 110 valence electrons. The summed E-state index contributed by atoms with van der Waals surface area (Å²) in [7, 11) is 0. The predicted octanol–water partition coefficient (Wildman–Crippen LogP) is 2.45. The lowest BCUT2D eigenvalue weighted by molar-refractivity contribution is -0.123. The molecule has 1 heterocycles. The molecular formula is C16H24N2O2. The van der Waals surface area contributed by atoms with E-state index in [1.54, 1.807) is 0 Å². The molecule has 1 saturated heterocycles. The fraction of sp³-hybridized carbons (Fsp3) is 0.562. The minimum Gasteiger partial charge on any atom is -0.399 e. The highest BCUT2D eigenvalue weighted by atomic mass is 16.5. The van der Waals surface area contributed by atoms with E-state index in [-0.39, 0.29) is 24.0 Å². The number of nitrogens with two attached hydrogens (primary N) is 1. The number of ether oxygens (including phenoxy) is 1. The van der Waals surface area contributed by atoms with Gasteiger partial charge in [0.15, 0.2) is 0 Å². The molecule has 4 nitrogen and oxygen atoms in total. The first-order valence-corrected chi connectivity index (χ1v) is 7.31.